The molecule has 0 aliphatic heterocycles. The first-order valence-electron chi connectivity index (χ1n) is 4.79. The Bertz CT molecular complexity index is 435. The van der Waals surface area contributed by atoms with E-state index in [1.54, 1.807) is 0 Å². The SMILES string of the molecule is CC(C)Cn1cc(C(F)(F)F)cc(N)c1=O. The summed E-state index contributed by atoms with van der Waals surface area (Å²) in [5, 5.41) is 0. The van der Waals surface area contributed by atoms with Crippen LogP contribution in [0.1, 0.15) is 19.4 Å². The lowest BCUT2D eigenvalue weighted by Gasteiger charge is -2.13. The minimum Gasteiger partial charge on any atom is -0.394 e. The maximum Gasteiger partial charge on any atom is 0.417 e. The first-order chi connectivity index (χ1) is 7.21. The van der Waals surface area contributed by atoms with Gasteiger partial charge in [0, 0.05) is 12.7 Å². The van der Waals surface area contributed by atoms with Crippen molar-refractivity contribution in [3.8, 4) is 0 Å². The second kappa shape index (κ2) is 4.19. The average molecular weight is 234 g/mol. The molecule has 0 atom stereocenters. The summed E-state index contributed by atoms with van der Waals surface area (Å²) in [6.07, 6.45) is -3.68. The molecule has 0 saturated heterocycles. The Morgan fingerprint density at radius 1 is 1.44 bits per heavy atom. The lowest BCUT2D eigenvalue weighted by Crippen LogP contribution is -2.26. The molecule has 0 saturated carbocycles. The molecule has 0 aromatic carbocycles. The molecule has 0 aliphatic carbocycles. The van der Waals surface area contributed by atoms with Crippen LogP contribution in [-0.2, 0) is 12.7 Å². The van der Waals surface area contributed by atoms with Gasteiger partial charge in [0.2, 0.25) is 0 Å². The zero-order valence-electron chi connectivity index (χ0n) is 9.01. The van der Waals surface area contributed by atoms with Gasteiger partial charge in [0.15, 0.2) is 0 Å². The maximum absolute atomic E-state index is 12.4. The molecule has 1 rings (SSSR count). The zero-order valence-corrected chi connectivity index (χ0v) is 9.01. The van der Waals surface area contributed by atoms with Gasteiger partial charge in [-0.3, -0.25) is 4.79 Å². The van der Waals surface area contributed by atoms with Gasteiger partial charge in [-0.15, -0.1) is 0 Å². The van der Waals surface area contributed by atoms with Crippen LogP contribution in [0.25, 0.3) is 0 Å². The molecular formula is C10H13F3N2O. The van der Waals surface area contributed by atoms with Gasteiger partial charge in [0.05, 0.1) is 11.3 Å². The predicted molar refractivity (Wildman–Crippen MR) is 55.0 cm³/mol. The van der Waals surface area contributed by atoms with E-state index in [2.05, 4.69) is 0 Å². The molecule has 0 amide bonds. The third-order valence-electron chi connectivity index (χ3n) is 2.00. The van der Waals surface area contributed by atoms with Crippen molar-refractivity contribution in [2.45, 2.75) is 26.6 Å². The number of nitrogens with two attached hydrogens (primary N) is 1. The molecule has 16 heavy (non-hydrogen) atoms. The van der Waals surface area contributed by atoms with E-state index in [0.29, 0.717) is 6.07 Å². The molecule has 6 heteroatoms. The van der Waals surface area contributed by atoms with Crippen LogP contribution < -0.4 is 11.3 Å². The third kappa shape index (κ3) is 2.77. The van der Waals surface area contributed by atoms with Gasteiger partial charge >= 0.3 is 6.18 Å². The normalized spacial score (nSPS) is 12.1. The summed E-state index contributed by atoms with van der Waals surface area (Å²) in [7, 11) is 0. The summed E-state index contributed by atoms with van der Waals surface area (Å²) in [5.41, 5.74) is 3.40. The van der Waals surface area contributed by atoms with Gasteiger partial charge in [-0.05, 0) is 12.0 Å². The van der Waals surface area contributed by atoms with E-state index in [-0.39, 0.29) is 18.2 Å². The Kier molecular flexibility index (Phi) is 3.30. The zero-order chi connectivity index (χ0) is 12.5. The van der Waals surface area contributed by atoms with Crippen molar-refractivity contribution in [1.82, 2.24) is 4.57 Å². The van der Waals surface area contributed by atoms with Crippen LogP contribution in [0.15, 0.2) is 17.1 Å². The Morgan fingerprint density at radius 2 is 2.00 bits per heavy atom. The molecule has 1 aromatic rings. The highest BCUT2D eigenvalue weighted by Gasteiger charge is 2.31. The second-order valence-corrected chi connectivity index (χ2v) is 4.03. The van der Waals surface area contributed by atoms with E-state index in [1.165, 1.54) is 0 Å². The lowest BCUT2D eigenvalue weighted by atomic mass is 10.2. The number of nitrogens with zero attached hydrogens (tertiary/aromatic N) is 1. The number of anilines is 1. The number of pyridine rings is 1. The first-order valence-corrected chi connectivity index (χ1v) is 4.79. The van der Waals surface area contributed by atoms with Gasteiger partial charge in [-0.25, -0.2) is 0 Å². The van der Waals surface area contributed by atoms with Crippen molar-refractivity contribution in [1.29, 1.82) is 0 Å². The Morgan fingerprint density at radius 3 is 2.44 bits per heavy atom. The monoisotopic (exact) mass is 234 g/mol. The number of aromatic nitrogens is 1. The fourth-order valence-corrected chi connectivity index (χ4v) is 1.34. The Hall–Kier alpha value is -1.46. The average Bonchev–Trinajstić information content (AvgIpc) is 2.10. The van der Waals surface area contributed by atoms with Crippen LogP contribution >= 0.6 is 0 Å². The quantitative estimate of drug-likeness (QED) is 0.851. The van der Waals surface area contributed by atoms with Gasteiger partial charge in [-0.1, -0.05) is 13.8 Å². The van der Waals surface area contributed by atoms with Crippen LogP contribution in [0.4, 0.5) is 18.9 Å². The smallest absolute Gasteiger partial charge is 0.394 e. The maximum atomic E-state index is 12.4. The Balaban J connectivity index is 3.28. The molecule has 0 unspecified atom stereocenters. The molecule has 1 heterocycles. The number of hydrogen-bond donors (Lipinski definition) is 1. The summed E-state index contributed by atoms with van der Waals surface area (Å²) >= 11 is 0. The van der Waals surface area contributed by atoms with E-state index in [0.717, 1.165) is 10.8 Å². The van der Waals surface area contributed by atoms with E-state index in [1.807, 2.05) is 13.8 Å². The Labute approximate surface area is 90.7 Å². The van der Waals surface area contributed by atoms with Gasteiger partial charge in [-0.2, -0.15) is 13.2 Å². The van der Waals surface area contributed by atoms with Crippen molar-refractivity contribution < 1.29 is 13.2 Å². The lowest BCUT2D eigenvalue weighted by molar-refractivity contribution is -0.138. The topological polar surface area (TPSA) is 48.0 Å². The molecule has 2 N–H and O–H groups in total. The van der Waals surface area contributed by atoms with Gasteiger partial charge < -0.3 is 10.3 Å². The molecule has 0 fully saturated rings. The summed E-state index contributed by atoms with van der Waals surface area (Å²) < 4.78 is 38.3. The fourth-order valence-electron chi connectivity index (χ4n) is 1.34. The van der Waals surface area contributed by atoms with Crippen LogP contribution in [0.2, 0.25) is 0 Å². The van der Waals surface area contributed by atoms with Gasteiger partial charge in [0.1, 0.15) is 0 Å². The molecule has 1 aromatic heterocycles. The highest BCUT2D eigenvalue weighted by Crippen LogP contribution is 2.29. The van der Waals surface area contributed by atoms with E-state index < -0.39 is 17.3 Å². The fraction of sp³-hybridized carbons (Fsp3) is 0.500. The summed E-state index contributed by atoms with van der Waals surface area (Å²) in [6.45, 7) is 3.83. The van der Waals surface area contributed by atoms with Crippen molar-refractivity contribution >= 4 is 5.69 Å². The number of rotatable bonds is 2. The van der Waals surface area contributed by atoms with Crippen molar-refractivity contribution in [2.75, 3.05) is 5.73 Å². The predicted octanol–water partition coefficient (Wildman–Crippen LogP) is 2.11. The molecule has 3 nitrogen and oxygen atoms in total. The third-order valence-corrected chi connectivity index (χ3v) is 2.00. The largest absolute Gasteiger partial charge is 0.417 e. The van der Waals surface area contributed by atoms with E-state index >= 15 is 0 Å². The van der Waals surface area contributed by atoms with E-state index in [4.69, 9.17) is 5.73 Å². The van der Waals surface area contributed by atoms with Crippen molar-refractivity contribution in [3.05, 3.63) is 28.2 Å². The first kappa shape index (κ1) is 12.6. The standard InChI is InChI=1S/C10H13F3N2O/c1-6(2)4-15-5-7(10(11,12)13)3-8(14)9(15)16/h3,5-6H,4,14H2,1-2H3. The van der Waals surface area contributed by atoms with Crippen LogP contribution in [0.3, 0.4) is 0 Å². The molecule has 0 radical (unpaired) electrons. The highest BCUT2D eigenvalue weighted by atomic mass is 19.4. The highest BCUT2D eigenvalue weighted by molar-refractivity contribution is 5.38. The summed E-state index contributed by atoms with van der Waals surface area (Å²) in [5.74, 6) is 0.0700. The summed E-state index contributed by atoms with van der Waals surface area (Å²) in [6, 6.07) is 0.666. The van der Waals surface area contributed by atoms with Crippen LogP contribution in [-0.4, -0.2) is 4.57 Å². The molecule has 0 aliphatic rings. The minimum absolute atomic E-state index is 0.0700. The minimum atomic E-state index is -4.49. The van der Waals surface area contributed by atoms with Crippen LogP contribution in [0.5, 0.6) is 0 Å². The second-order valence-electron chi connectivity index (χ2n) is 4.03. The van der Waals surface area contributed by atoms with Gasteiger partial charge in [0.25, 0.3) is 5.56 Å². The number of halogens is 3. The van der Waals surface area contributed by atoms with Crippen molar-refractivity contribution in [3.63, 3.8) is 0 Å². The number of hydrogen-bond acceptors (Lipinski definition) is 2. The van der Waals surface area contributed by atoms with E-state index in [9.17, 15) is 18.0 Å². The molecule has 0 bridgehead atoms. The molecule has 0 spiro atoms. The number of alkyl halides is 3. The molecule has 90 valence electrons. The summed E-state index contributed by atoms with van der Waals surface area (Å²) in [4.78, 5) is 11.5. The molecular weight excluding hydrogens is 221 g/mol. The number of nitrogen functional groups attached to an aromatic ring is 1. The van der Waals surface area contributed by atoms with Crippen LogP contribution in [0, 0.1) is 5.92 Å². The van der Waals surface area contributed by atoms with Crippen molar-refractivity contribution in [2.24, 2.45) is 5.92 Å².